The van der Waals surface area contributed by atoms with Gasteiger partial charge in [0.05, 0.1) is 27.4 Å². The van der Waals surface area contributed by atoms with Gasteiger partial charge in [0, 0.05) is 19.0 Å². The monoisotopic (exact) mass is 410 g/mol. The van der Waals surface area contributed by atoms with Crippen LogP contribution in [-0.2, 0) is 4.79 Å². The van der Waals surface area contributed by atoms with Gasteiger partial charge in [-0.15, -0.1) is 11.8 Å². The molecular weight excluding hydrogens is 391 g/mol. The SMILES string of the molecule is CC(NC(=O)c1ccccc1SCC(=O)N(C)C)c1ccc(Cl)c(Cl)c1. The Bertz CT molecular complexity index is 812. The first-order chi connectivity index (χ1) is 12.3. The summed E-state index contributed by atoms with van der Waals surface area (Å²) in [6.07, 6.45) is 0. The molecule has 0 saturated heterocycles. The van der Waals surface area contributed by atoms with E-state index in [4.69, 9.17) is 23.2 Å². The van der Waals surface area contributed by atoms with E-state index in [0.29, 0.717) is 15.6 Å². The molecule has 0 aliphatic carbocycles. The van der Waals surface area contributed by atoms with Crippen molar-refractivity contribution in [3.63, 3.8) is 0 Å². The summed E-state index contributed by atoms with van der Waals surface area (Å²) < 4.78 is 0. The summed E-state index contributed by atoms with van der Waals surface area (Å²) >= 11 is 13.3. The zero-order valence-electron chi connectivity index (χ0n) is 14.8. The quantitative estimate of drug-likeness (QED) is 0.704. The number of nitrogens with one attached hydrogen (secondary N) is 1. The maximum absolute atomic E-state index is 12.7. The van der Waals surface area contributed by atoms with Gasteiger partial charge < -0.3 is 10.2 Å². The second-order valence-electron chi connectivity index (χ2n) is 5.94. The third kappa shape index (κ3) is 5.40. The molecule has 1 N–H and O–H groups in total. The molecule has 138 valence electrons. The van der Waals surface area contributed by atoms with Crippen molar-refractivity contribution in [2.45, 2.75) is 17.9 Å². The average Bonchev–Trinajstić information content (AvgIpc) is 2.61. The molecule has 7 heteroatoms. The summed E-state index contributed by atoms with van der Waals surface area (Å²) in [4.78, 5) is 26.8. The lowest BCUT2D eigenvalue weighted by molar-refractivity contribution is -0.125. The first-order valence-electron chi connectivity index (χ1n) is 7.97. The van der Waals surface area contributed by atoms with Gasteiger partial charge in [0.2, 0.25) is 5.91 Å². The van der Waals surface area contributed by atoms with Crippen molar-refractivity contribution in [3.05, 3.63) is 63.6 Å². The molecule has 4 nitrogen and oxygen atoms in total. The molecule has 0 aliphatic rings. The summed E-state index contributed by atoms with van der Waals surface area (Å²) in [6, 6.07) is 12.3. The first kappa shape index (κ1) is 20.6. The Hall–Kier alpha value is -1.69. The highest BCUT2D eigenvalue weighted by atomic mass is 35.5. The van der Waals surface area contributed by atoms with Crippen molar-refractivity contribution in [3.8, 4) is 0 Å². The average molecular weight is 411 g/mol. The number of hydrogen-bond donors (Lipinski definition) is 1. The minimum Gasteiger partial charge on any atom is -0.348 e. The maximum atomic E-state index is 12.7. The standard InChI is InChI=1S/C19H20Cl2N2O2S/c1-12(13-8-9-15(20)16(21)10-13)22-19(25)14-6-4-5-7-17(14)26-11-18(24)23(2)3/h4-10,12H,11H2,1-3H3,(H,22,25). The zero-order chi connectivity index (χ0) is 19.3. The fraction of sp³-hybridized carbons (Fsp3) is 0.263. The first-order valence-corrected chi connectivity index (χ1v) is 9.71. The van der Waals surface area contributed by atoms with Crippen molar-refractivity contribution in [2.75, 3.05) is 19.8 Å². The predicted octanol–water partition coefficient (Wildman–Crippen LogP) is 4.66. The van der Waals surface area contributed by atoms with Gasteiger partial charge in [-0.05, 0) is 36.8 Å². The highest BCUT2D eigenvalue weighted by molar-refractivity contribution is 8.00. The van der Waals surface area contributed by atoms with Gasteiger partial charge in [-0.25, -0.2) is 0 Å². The van der Waals surface area contributed by atoms with E-state index >= 15 is 0 Å². The zero-order valence-corrected chi connectivity index (χ0v) is 17.1. The number of thioether (sulfide) groups is 1. The molecule has 1 unspecified atom stereocenters. The van der Waals surface area contributed by atoms with E-state index in [1.165, 1.54) is 16.7 Å². The molecule has 0 aromatic heterocycles. The number of amides is 2. The summed E-state index contributed by atoms with van der Waals surface area (Å²) in [6.45, 7) is 1.88. The lowest BCUT2D eigenvalue weighted by atomic mass is 10.1. The Morgan fingerprint density at radius 2 is 1.81 bits per heavy atom. The summed E-state index contributed by atoms with van der Waals surface area (Å²) in [5, 5.41) is 3.88. The summed E-state index contributed by atoms with van der Waals surface area (Å²) in [5.74, 6) is 0.0676. The highest BCUT2D eigenvalue weighted by Gasteiger charge is 2.16. The molecule has 0 heterocycles. The molecule has 2 amide bonds. The summed E-state index contributed by atoms with van der Waals surface area (Å²) in [5.41, 5.74) is 1.40. The van der Waals surface area contributed by atoms with Crippen LogP contribution in [0.5, 0.6) is 0 Å². The van der Waals surface area contributed by atoms with E-state index in [1.54, 1.807) is 38.4 Å². The predicted molar refractivity (Wildman–Crippen MR) is 108 cm³/mol. The van der Waals surface area contributed by atoms with Crippen molar-refractivity contribution in [2.24, 2.45) is 0 Å². The van der Waals surface area contributed by atoms with E-state index in [1.807, 2.05) is 25.1 Å². The number of benzene rings is 2. The molecule has 0 radical (unpaired) electrons. The Balaban J connectivity index is 2.11. The number of nitrogens with zero attached hydrogens (tertiary/aromatic N) is 1. The van der Waals surface area contributed by atoms with Gasteiger partial charge in [0.25, 0.3) is 5.91 Å². The Labute approximate surface area is 167 Å². The molecule has 2 aromatic rings. The minimum absolute atomic E-state index is 0.00520. The summed E-state index contributed by atoms with van der Waals surface area (Å²) in [7, 11) is 3.42. The largest absolute Gasteiger partial charge is 0.348 e. The Morgan fingerprint density at radius 3 is 2.46 bits per heavy atom. The van der Waals surface area contributed by atoms with E-state index in [9.17, 15) is 9.59 Å². The number of hydrogen-bond acceptors (Lipinski definition) is 3. The molecule has 0 fully saturated rings. The molecular formula is C19H20Cl2N2O2S. The number of carbonyl (C=O) groups is 2. The second kappa shape index (κ2) is 9.31. The fourth-order valence-electron chi connectivity index (χ4n) is 2.19. The van der Waals surface area contributed by atoms with E-state index in [0.717, 1.165) is 10.5 Å². The van der Waals surface area contributed by atoms with E-state index in [-0.39, 0.29) is 23.6 Å². The Kier molecular flexibility index (Phi) is 7.38. The number of halogens is 2. The normalized spacial score (nSPS) is 11.7. The van der Waals surface area contributed by atoms with Gasteiger partial charge in [0.15, 0.2) is 0 Å². The van der Waals surface area contributed by atoms with Crippen LogP contribution < -0.4 is 5.32 Å². The molecule has 0 aliphatic heterocycles. The van der Waals surface area contributed by atoms with Crippen LogP contribution in [0.3, 0.4) is 0 Å². The van der Waals surface area contributed by atoms with Gasteiger partial charge in [-0.2, -0.15) is 0 Å². The van der Waals surface area contributed by atoms with Crippen LogP contribution in [0.1, 0.15) is 28.9 Å². The molecule has 0 saturated carbocycles. The van der Waals surface area contributed by atoms with Gasteiger partial charge in [-0.3, -0.25) is 9.59 Å². The minimum atomic E-state index is -0.237. The number of carbonyl (C=O) groups excluding carboxylic acids is 2. The van der Waals surface area contributed by atoms with Crippen molar-refractivity contribution < 1.29 is 9.59 Å². The molecule has 0 spiro atoms. The van der Waals surface area contributed by atoms with Crippen LogP contribution in [-0.4, -0.2) is 36.6 Å². The lowest BCUT2D eigenvalue weighted by Gasteiger charge is -2.17. The van der Waals surface area contributed by atoms with Crippen LogP contribution >= 0.6 is 35.0 Å². The number of rotatable bonds is 6. The fourth-order valence-corrected chi connectivity index (χ4v) is 3.52. The van der Waals surface area contributed by atoms with Crippen LogP contribution in [0.25, 0.3) is 0 Å². The van der Waals surface area contributed by atoms with E-state index < -0.39 is 0 Å². The third-order valence-electron chi connectivity index (χ3n) is 3.77. The lowest BCUT2D eigenvalue weighted by Crippen LogP contribution is -2.27. The van der Waals surface area contributed by atoms with Crippen molar-refractivity contribution in [1.82, 2.24) is 10.2 Å². The molecule has 0 bridgehead atoms. The molecule has 2 rings (SSSR count). The third-order valence-corrected chi connectivity index (χ3v) is 5.57. The topological polar surface area (TPSA) is 49.4 Å². The maximum Gasteiger partial charge on any atom is 0.252 e. The molecule has 1 atom stereocenters. The smallest absolute Gasteiger partial charge is 0.252 e. The van der Waals surface area contributed by atoms with Crippen LogP contribution in [0.15, 0.2) is 47.4 Å². The van der Waals surface area contributed by atoms with Gasteiger partial charge in [0.1, 0.15) is 0 Å². The van der Waals surface area contributed by atoms with Crippen molar-refractivity contribution >= 4 is 46.8 Å². The van der Waals surface area contributed by atoms with Crippen LogP contribution in [0.2, 0.25) is 10.0 Å². The van der Waals surface area contributed by atoms with Crippen LogP contribution in [0, 0.1) is 0 Å². The van der Waals surface area contributed by atoms with Crippen LogP contribution in [0.4, 0.5) is 0 Å². The Morgan fingerprint density at radius 1 is 1.12 bits per heavy atom. The van der Waals surface area contributed by atoms with E-state index in [2.05, 4.69) is 5.32 Å². The molecule has 2 aromatic carbocycles. The molecule has 26 heavy (non-hydrogen) atoms. The highest BCUT2D eigenvalue weighted by Crippen LogP contribution is 2.27. The van der Waals surface area contributed by atoms with Gasteiger partial charge >= 0.3 is 0 Å². The van der Waals surface area contributed by atoms with Gasteiger partial charge in [-0.1, -0.05) is 41.4 Å². The second-order valence-corrected chi connectivity index (χ2v) is 7.77. The van der Waals surface area contributed by atoms with Crippen molar-refractivity contribution in [1.29, 1.82) is 0 Å².